The molecule has 0 saturated heterocycles. The number of aromatic nitrogens is 1. The van der Waals surface area contributed by atoms with Crippen LogP contribution in [0.4, 0.5) is 0 Å². The third-order valence-electron chi connectivity index (χ3n) is 2.35. The van der Waals surface area contributed by atoms with Crippen molar-refractivity contribution in [2.75, 3.05) is 0 Å². The molecular weight excluding hydrogens is 280 g/mol. The van der Waals surface area contributed by atoms with Crippen LogP contribution in [0.5, 0.6) is 0 Å². The number of hydrogen-bond donors (Lipinski definition) is 1. The predicted octanol–water partition coefficient (Wildman–Crippen LogP) is 4.12. The first-order valence-corrected chi connectivity index (χ1v) is 5.95. The predicted molar refractivity (Wildman–Crippen MR) is 69.8 cm³/mol. The zero-order chi connectivity index (χ0) is 12.4. The maximum Gasteiger partial charge on any atom is 0.107 e. The van der Waals surface area contributed by atoms with Crippen molar-refractivity contribution in [3.8, 4) is 0 Å². The van der Waals surface area contributed by atoms with Crippen LogP contribution in [0.3, 0.4) is 0 Å². The zero-order valence-electron chi connectivity index (χ0n) is 8.57. The lowest BCUT2D eigenvalue weighted by molar-refractivity contribution is 0.220. The minimum absolute atomic E-state index is 0.385. The summed E-state index contributed by atoms with van der Waals surface area (Å²) in [6.45, 7) is 0. The fourth-order valence-corrected chi connectivity index (χ4v) is 2.12. The van der Waals surface area contributed by atoms with E-state index in [1.165, 1.54) is 6.20 Å². The molecule has 88 valence electrons. The van der Waals surface area contributed by atoms with Crippen molar-refractivity contribution in [3.63, 3.8) is 0 Å². The Kier molecular flexibility index (Phi) is 3.89. The Balaban J connectivity index is 2.47. The number of rotatable bonds is 2. The minimum Gasteiger partial charge on any atom is -0.384 e. The maximum absolute atomic E-state index is 10.2. The number of benzene rings is 1. The highest BCUT2D eigenvalue weighted by atomic mass is 35.5. The Labute approximate surface area is 114 Å². The van der Waals surface area contributed by atoms with Crippen molar-refractivity contribution < 1.29 is 5.11 Å². The Bertz CT molecular complexity index is 545. The van der Waals surface area contributed by atoms with E-state index < -0.39 is 6.10 Å². The first kappa shape index (κ1) is 12.7. The van der Waals surface area contributed by atoms with Crippen molar-refractivity contribution in [1.29, 1.82) is 0 Å². The van der Waals surface area contributed by atoms with E-state index in [2.05, 4.69) is 4.98 Å². The molecule has 17 heavy (non-hydrogen) atoms. The van der Waals surface area contributed by atoms with E-state index >= 15 is 0 Å². The van der Waals surface area contributed by atoms with Crippen LogP contribution in [0.15, 0.2) is 36.7 Å². The average Bonchev–Trinajstić information content (AvgIpc) is 2.32. The van der Waals surface area contributed by atoms with Crippen LogP contribution in [0.1, 0.15) is 17.2 Å². The number of nitrogens with zero attached hydrogens (tertiary/aromatic N) is 1. The van der Waals surface area contributed by atoms with Gasteiger partial charge in [-0.25, -0.2) is 0 Å². The molecule has 2 nitrogen and oxygen atoms in total. The van der Waals surface area contributed by atoms with Crippen LogP contribution in [-0.2, 0) is 0 Å². The summed E-state index contributed by atoms with van der Waals surface area (Å²) in [4.78, 5) is 3.86. The third kappa shape index (κ3) is 2.72. The first-order valence-electron chi connectivity index (χ1n) is 4.82. The summed E-state index contributed by atoms with van der Waals surface area (Å²) in [6, 6.07) is 6.56. The highest BCUT2D eigenvalue weighted by molar-refractivity contribution is 6.34. The quantitative estimate of drug-likeness (QED) is 0.901. The first-order chi connectivity index (χ1) is 8.09. The molecule has 1 atom stereocenters. The van der Waals surface area contributed by atoms with E-state index in [9.17, 15) is 5.11 Å². The van der Waals surface area contributed by atoms with Gasteiger partial charge < -0.3 is 5.11 Å². The molecule has 1 aromatic heterocycles. The summed E-state index contributed by atoms with van der Waals surface area (Å²) in [5, 5.41) is 11.6. The van der Waals surface area contributed by atoms with Crippen LogP contribution in [-0.4, -0.2) is 10.1 Å². The van der Waals surface area contributed by atoms with E-state index in [0.717, 1.165) is 0 Å². The topological polar surface area (TPSA) is 33.1 Å². The Morgan fingerprint density at radius 3 is 2.47 bits per heavy atom. The van der Waals surface area contributed by atoms with Gasteiger partial charge in [-0.15, -0.1) is 0 Å². The highest BCUT2D eigenvalue weighted by Crippen LogP contribution is 2.33. The van der Waals surface area contributed by atoms with E-state index in [1.807, 2.05) is 0 Å². The molecule has 2 aromatic rings. The molecule has 0 radical (unpaired) electrons. The lowest BCUT2D eigenvalue weighted by Gasteiger charge is -2.14. The lowest BCUT2D eigenvalue weighted by atomic mass is 10.0. The molecular formula is C12H8Cl3NO. The molecule has 1 heterocycles. The van der Waals surface area contributed by atoms with E-state index in [4.69, 9.17) is 34.8 Å². The second-order valence-corrected chi connectivity index (χ2v) is 4.72. The normalized spacial score (nSPS) is 12.5. The van der Waals surface area contributed by atoms with E-state index in [1.54, 1.807) is 30.5 Å². The number of aliphatic hydroxyl groups is 1. The Morgan fingerprint density at radius 2 is 1.76 bits per heavy atom. The summed E-state index contributed by atoms with van der Waals surface area (Å²) < 4.78 is 0. The monoisotopic (exact) mass is 287 g/mol. The van der Waals surface area contributed by atoms with Crippen molar-refractivity contribution in [2.45, 2.75) is 6.10 Å². The van der Waals surface area contributed by atoms with Gasteiger partial charge in [0.1, 0.15) is 6.10 Å². The lowest BCUT2D eigenvalue weighted by Crippen LogP contribution is -2.01. The van der Waals surface area contributed by atoms with E-state index in [0.29, 0.717) is 26.2 Å². The molecule has 2 rings (SSSR count). The van der Waals surface area contributed by atoms with Crippen LogP contribution >= 0.6 is 34.8 Å². The van der Waals surface area contributed by atoms with Gasteiger partial charge in [0.15, 0.2) is 0 Å². The number of hydrogen-bond acceptors (Lipinski definition) is 2. The Hall–Kier alpha value is -0.800. The van der Waals surface area contributed by atoms with Crippen molar-refractivity contribution in [1.82, 2.24) is 4.98 Å². The number of halogens is 3. The smallest absolute Gasteiger partial charge is 0.107 e. The van der Waals surface area contributed by atoms with Gasteiger partial charge in [-0.3, -0.25) is 4.98 Å². The molecule has 1 unspecified atom stereocenters. The number of aliphatic hydroxyl groups excluding tert-OH is 1. The maximum atomic E-state index is 10.2. The molecule has 0 spiro atoms. The van der Waals surface area contributed by atoms with Gasteiger partial charge in [0.25, 0.3) is 0 Å². The van der Waals surface area contributed by atoms with Gasteiger partial charge in [-0.2, -0.15) is 0 Å². The summed E-state index contributed by atoms with van der Waals surface area (Å²) in [5.74, 6) is 0. The van der Waals surface area contributed by atoms with Crippen LogP contribution in [0.2, 0.25) is 15.1 Å². The van der Waals surface area contributed by atoms with Crippen molar-refractivity contribution in [3.05, 3.63) is 62.9 Å². The van der Waals surface area contributed by atoms with Gasteiger partial charge in [-0.1, -0.05) is 34.8 Å². The molecule has 1 aromatic carbocycles. The number of pyridine rings is 1. The van der Waals surface area contributed by atoms with Crippen LogP contribution < -0.4 is 0 Å². The van der Waals surface area contributed by atoms with Gasteiger partial charge in [0.05, 0.1) is 5.02 Å². The molecule has 0 aliphatic rings. The molecule has 0 amide bonds. The SMILES string of the molecule is OC(c1ccncc1Cl)c1cc(Cl)ccc1Cl. The molecule has 0 aliphatic carbocycles. The second-order valence-electron chi connectivity index (χ2n) is 3.47. The fourth-order valence-electron chi connectivity index (χ4n) is 1.50. The van der Waals surface area contributed by atoms with Crippen molar-refractivity contribution >= 4 is 34.8 Å². The largest absolute Gasteiger partial charge is 0.384 e. The zero-order valence-corrected chi connectivity index (χ0v) is 10.8. The average molecular weight is 289 g/mol. The molecule has 0 aliphatic heterocycles. The Morgan fingerprint density at radius 1 is 1.00 bits per heavy atom. The third-order valence-corrected chi connectivity index (χ3v) is 3.25. The summed E-state index contributed by atoms with van der Waals surface area (Å²) in [6.07, 6.45) is 2.11. The summed E-state index contributed by atoms with van der Waals surface area (Å²) in [5.41, 5.74) is 1.07. The van der Waals surface area contributed by atoms with Gasteiger partial charge in [-0.05, 0) is 24.3 Å². The molecule has 5 heteroatoms. The van der Waals surface area contributed by atoms with Gasteiger partial charge in [0.2, 0.25) is 0 Å². The fraction of sp³-hybridized carbons (Fsp3) is 0.0833. The van der Waals surface area contributed by atoms with Gasteiger partial charge >= 0.3 is 0 Å². The van der Waals surface area contributed by atoms with E-state index in [-0.39, 0.29) is 0 Å². The molecule has 0 saturated carbocycles. The molecule has 1 N–H and O–H groups in total. The summed E-state index contributed by atoms with van der Waals surface area (Å²) >= 11 is 17.9. The van der Waals surface area contributed by atoms with Crippen molar-refractivity contribution in [2.24, 2.45) is 0 Å². The van der Waals surface area contributed by atoms with Gasteiger partial charge in [0, 0.05) is 33.6 Å². The minimum atomic E-state index is -0.920. The highest BCUT2D eigenvalue weighted by Gasteiger charge is 2.17. The van der Waals surface area contributed by atoms with Crippen LogP contribution in [0.25, 0.3) is 0 Å². The molecule has 0 fully saturated rings. The molecule has 0 bridgehead atoms. The standard InChI is InChI=1S/C12H8Cl3NO/c13-7-1-2-10(14)9(5-7)12(17)8-3-4-16-6-11(8)15/h1-6,12,17H. The summed E-state index contributed by atoms with van der Waals surface area (Å²) in [7, 11) is 0. The second kappa shape index (κ2) is 5.23. The van der Waals surface area contributed by atoms with Crippen LogP contribution in [0, 0.1) is 0 Å².